The molecule has 0 bridgehead atoms. The van der Waals surface area contributed by atoms with Gasteiger partial charge in [0.25, 0.3) is 0 Å². The number of aromatic amines is 1. The van der Waals surface area contributed by atoms with Crippen LogP contribution in [0.1, 0.15) is 57.7 Å². The number of nitrogens with zero attached hydrogens (tertiary/aromatic N) is 1. The van der Waals surface area contributed by atoms with Crippen molar-refractivity contribution in [2.45, 2.75) is 33.1 Å². The van der Waals surface area contributed by atoms with Gasteiger partial charge in [-0.3, -0.25) is 9.69 Å². The molecule has 0 spiro atoms. The molecule has 31 heavy (non-hydrogen) atoms. The van der Waals surface area contributed by atoms with E-state index >= 15 is 0 Å². The maximum Gasteiger partial charge on any atom is 0.195 e. The maximum atomic E-state index is 13.6. The van der Waals surface area contributed by atoms with Gasteiger partial charge in [-0.1, -0.05) is 38.1 Å². The van der Waals surface area contributed by atoms with Crippen LogP contribution in [0.25, 0.3) is 17.0 Å². The van der Waals surface area contributed by atoms with E-state index in [-0.39, 0.29) is 11.2 Å². The molecule has 1 fully saturated rings. The molecular weight excluding hydrogens is 384 g/mol. The van der Waals surface area contributed by atoms with Gasteiger partial charge in [-0.25, -0.2) is 0 Å². The Labute approximate surface area is 183 Å². The van der Waals surface area contributed by atoms with Crippen LogP contribution in [0.5, 0.6) is 0 Å². The summed E-state index contributed by atoms with van der Waals surface area (Å²) >= 11 is 0. The lowest BCUT2D eigenvalue weighted by molar-refractivity contribution is 0.0435. The van der Waals surface area contributed by atoms with Gasteiger partial charge in [0.1, 0.15) is 0 Å². The molecule has 4 heteroatoms. The van der Waals surface area contributed by atoms with Crippen LogP contribution in [0.4, 0.5) is 0 Å². The van der Waals surface area contributed by atoms with Crippen molar-refractivity contribution in [3.8, 4) is 0 Å². The average Bonchev–Trinajstić information content (AvgIpc) is 3.13. The van der Waals surface area contributed by atoms with Crippen molar-refractivity contribution in [2.24, 2.45) is 0 Å². The summed E-state index contributed by atoms with van der Waals surface area (Å²) in [5, 5.41) is 1.02. The Balaban J connectivity index is 1.55. The van der Waals surface area contributed by atoms with E-state index in [1.165, 1.54) is 11.1 Å². The van der Waals surface area contributed by atoms with Gasteiger partial charge in [-0.15, -0.1) is 0 Å². The molecule has 2 heterocycles. The minimum absolute atomic E-state index is 0.131. The second-order valence-corrected chi connectivity index (χ2v) is 9.45. The molecule has 0 unspecified atom stereocenters. The van der Waals surface area contributed by atoms with Crippen LogP contribution in [0.3, 0.4) is 0 Å². The Kier molecular flexibility index (Phi) is 4.87. The summed E-state index contributed by atoms with van der Waals surface area (Å²) in [6, 6.07) is 10.6. The summed E-state index contributed by atoms with van der Waals surface area (Å²) < 4.78 is 5.43. The predicted molar refractivity (Wildman–Crippen MR) is 126 cm³/mol. The number of morpholine rings is 1. The zero-order valence-corrected chi connectivity index (χ0v) is 18.8. The minimum Gasteiger partial charge on any atom is -0.379 e. The standard InChI is InChI=1S/C27H30N2O2/c1-17-7-8-20-23(14-17)28-26-24(20)25(30)21-15-18(2)19(16-22(21)27(26,3)4)6-5-9-29-10-12-31-13-11-29/h5-8,14-16,28H,9-13H2,1-4H3/b6-5+. The first-order chi connectivity index (χ1) is 14.9. The number of ketones is 1. The van der Waals surface area contributed by atoms with Gasteiger partial charge in [0.05, 0.1) is 18.8 Å². The molecule has 4 nitrogen and oxygen atoms in total. The Morgan fingerprint density at radius 3 is 2.68 bits per heavy atom. The normalized spacial score (nSPS) is 18.5. The number of ether oxygens (including phenoxy) is 1. The lowest BCUT2D eigenvalue weighted by atomic mass is 9.70. The molecule has 0 amide bonds. The zero-order chi connectivity index (χ0) is 21.8. The molecule has 0 radical (unpaired) electrons. The summed E-state index contributed by atoms with van der Waals surface area (Å²) in [7, 11) is 0. The van der Waals surface area contributed by atoms with Gasteiger partial charge in [-0.2, -0.15) is 0 Å². The SMILES string of the molecule is Cc1ccc2c3c([nH]c2c1)C(C)(C)c1cc(/C=C/CN2CCOCC2)c(C)cc1C3=O. The molecule has 5 rings (SSSR count). The van der Waals surface area contributed by atoms with Crippen molar-refractivity contribution in [3.05, 3.63) is 75.5 Å². The van der Waals surface area contributed by atoms with Crippen LogP contribution >= 0.6 is 0 Å². The van der Waals surface area contributed by atoms with Crippen molar-refractivity contribution in [2.75, 3.05) is 32.8 Å². The topological polar surface area (TPSA) is 45.3 Å². The highest BCUT2D eigenvalue weighted by Crippen LogP contribution is 2.44. The van der Waals surface area contributed by atoms with Crippen LogP contribution in [0.15, 0.2) is 36.4 Å². The number of carbonyl (C=O) groups excluding carboxylic acids is 1. The summed E-state index contributed by atoms with van der Waals surface area (Å²) in [6.45, 7) is 13.1. The zero-order valence-electron chi connectivity index (χ0n) is 18.8. The average molecular weight is 415 g/mol. The van der Waals surface area contributed by atoms with E-state index < -0.39 is 0 Å². The molecule has 0 atom stereocenters. The number of H-pyrrole nitrogens is 1. The van der Waals surface area contributed by atoms with Crippen LogP contribution in [0.2, 0.25) is 0 Å². The fourth-order valence-corrected chi connectivity index (χ4v) is 5.01. The van der Waals surface area contributed by atoms with E-state index in [2.05, 4.69) is 80.1 Å². The van der Waals surface area contributed by atoms with E-state index in [1.807, 2.05) is 0 Å². The quantitative estimate of drug-likeness (QED) is 0.656. The second-order valence-electron chi connectivity index (χ2n) is 9.45. The Bertz CT molecular complexity index is 1210. The van der Waals surface area contributed by atoms with Crippen LogP contribution in [0, 0.1) is 13.8 Å². The molecular formula is C27H30N2O2. The Morgan fingerprint density at radius 2 is 1.90 bits per heavy atom. The van der Waals surface area contributed by atoms with Crippen molar-refractivity contribution in [1.29, 1.82) is 0 Å². The predicted octanol–water partition coefficient (Wildman–Crippen LogP) is 5.00. The molecule has 1 saturated heterocycles. The monoisotopic (exact) mass is 414 g/mol. The number of aryl methyl sites for hydroxylation is 2. The molecule has 2 aliphatic rings. The summed E-state index contributed by atoms with van der Waals surface area (Å²) in [4.78, 5) is 19.6. The van der Waals surface area contributed by atoms with Gasteiger partial charge < -0.3 is 9.72 Å². The number of carbonyl (C=O) groups is 1. The van der Waals surface area contributed by atoms with E-state index in [4.69, 9.17) is 4.74 Å². The van der Waals surface area contributed by atoms with E-state index in [1.54, 1.807) is 0 Å². The maximum absolute atomic E-state index is 13.6. The third-order valence-electron chi connectivity index (χ3n) is 6.90. The van der Waals surface area contributed by atoms with Crippen LogP contribution < -0.4 is 0 Å². The number of benzene rings is 2. The lowest BCUT2D eigenvalue weighted by Crippen LogP contribution is -2.36. The Morgan fingerprint density at radius 1 is 1.13 bits per heavy atom. The Hall–Kier alpha value is -2.69. The highest BCUT2D eigenvalue weighted by Gasteiger charge is 2.39. The molecule has 160 valence electrons. The third kappa shape index (κ3) is 3.35. The first kappa shape index (κ1) is 20.2. The number of nitrogens with one attached hydrogen (secondary N) is 1. The molecule has 0 saturated carbocycles. The molecule has 2 aromatic carbocycles. The second kappa shape index (κ2) is 7.47. The largest absolute Gasteiger partial charge is 0.379 e. The third-order valence-corrected chi connectivity index (χ3v) is 6.90. The van der Waals surface area contributed by atoms with Gasteiger partial charge in [-0.05, 0) is 54.3 Å². The minimum atomic E-state index is -0.272. The summed E-state index contributed by atoms with van der Waals surface area (Å²) in [5.74, 6) is 0.131. The highest BCUT2D eigenvalue weighted by molar-refractivity contribution is 6.20. The first-order valence-electron chi connectivity index (χ1n) is 11.2. The van der Waals surface area contributed by atoms with Crippen LogP contribution in [-0.2, 0) is 10.2 Å². The molecule has 1 N–H and O–H groups in total. The van der Waals surface area contributed by atoms with Gasteiger partial charge in [0.15, 0.2) is 5.78 Å². The molecule has 1 aliphatic carbocycles. The van der Waals surface area contributed by atoms with E-state index in [9.17, 15) is 4.79 Å². The van der Waals surface area contributed by atoms with Crippen molar-refractivity contribution < 1.29 is 9.53 Å². The van der Waals surface area contributed by atoms with Crippen molar-refractivity contribution in [1.82, 2.24) is 9.88 Å². The van der Waals surface area contributed by atoms with Gasteiger partial charge in [0, 0.05) is 47.2 Å². The van der Waals surface area contributed by atoms with Crippen molar-refractivity contribution >= 4 is 22.8 Å². The molecule has 1 aliphatic heterocycles. The van der Waals surface area contributed by atoms with Gasteiger partial charge >= 0.3 is 0 Å². The number of rotatable bonds is 3. The number of fused-ring (bicyclic) bond motifs is 4. The lowest BCUT2D eigenvalue weighted by Gasteiger charge is -2.33. The van der Waals surface area contributed by atoms with E-state index in [0.717, 1.165) is 71.7 Å². The fourth-order valence-electron chi connectivity index (χ4n) is 5.01. The highest BCUT2D eigenvalue weighted by atomic mass is 16.5. The molecule has 1 aromatic heterocycles. The summed E-state index contributed by atoms with van der Waals surface area (Å²) in [5.41, 5.74) is 8.08. The number of aromatic nitrogens is 1. The molecule has 3 aromatic rings. The first-order valence-corrected chi connectivity index (χ1v) is 11.2. The van der Waals surface area contributed by atoms with Gasteiger partial charge in [0.2, 0.25) is 0 Å². The number of hydrogen-bond donors (Lipinski definition) is 1. The number of hydrogen-bond acceptors (Lipinski definition) is 3. The fraction of sp³-hybridized carbons (Fsp3) is 0.370. The van der Waals surface area contributed by atoms with Crippen molar-refractivity contribution in [3.63, 3.8) is 0 Å². The summed E-state index contributed by atoms with van der Waals surface area (Å²) in [6.07, 6.45) is 4.44. The van der Waals surface area contributed by atoms with E-state index in [0.29, 0.717) is 0 Å². The smallest absolute Gasteiger partial charge is 0.195 e. The van der Waals surface area contributed by atoms with Crippen LogP contribution in [-0.4, -0.2) is 48.5 Å².